The Labute approximate surface area is 227 Å². The molecule has 0 bridgehead atoms. The molecule has 3 aromatic carbocycles. The molecule has 0 N–H and O–H groups in total. The minimum absolute atomic E-state index is 0.129. The third-order valence-electron chi connectivity index (χ3n) is 6.53. The Morgan fingerprint density at radius 1 is 0.868 bits per heavy atom. The number of nitrogens with zero attached hydrogens (tertiary/aromatic N) is 5. The van der Waals surface area contributed by atoms with E-state index in [2.05, 4.69) is 22.0 Å². The van der Waals surface area contributed by atoms with Crippen molar-refractivity contribution in [2.24, 2.45) is 10.2 Å². The van der Waals surface area contributed by atoms with E-state index in [-0.39, 0.29) is 5.56 Å². The molecule has 4 aromatic rings. The van der Waals surface area contributed by atoms with Crippen molar-refractivity contribution in [1.29, 1.82) is 0 Å². The van der Waals surface area contributed by atoms with Gasteiger partial charge in [-0.2, -0.15) is 5.11 Å². The fraction of sp³-hybridized carbons (Fsp3) is 0.233. The largest absolute Gasteiger partial charge is 0.494 e. The van der Waals surface area contributed by atoms with Crippen molar-refractivity contribution in [1.82, 2.24) is 9.47 Å². The van der Waals surface area contributed by atoms with Gasteiger partial charge in [-0.25, -0.2) is 0 Å². The van der Waals surface area contributed by atoms with Crippen LogP contribution >= 0.6 is 11.6 Å². The van der Waals surface area contributed by atoms with Gasteiger partial charge < -0.3 is 14.5 Å². The second-order valence-electron chi connectivity index (χ2n) is 9.17. The third kappa shape index (κ3) is 5.64. The SMILES string of the molecule is CCOc1ccc(-c2cc(=O)n(-c3ccccc3)c(N3CCN(C)CC3)c2N=Nc2cccc(Cl)c2)cc1. The molecule has 0 spiro atoms. The number of hydrogen-bond donors (Lipinski definition) is 0. The molecule has 0 aliphatic carbocycles. The lowest BCUT2D eigenvalue weighted by molar-refractivity contribution is 0.311. The lowest BCUT2D eigenvalue weighted by Crippen LogP contribution is -2.46. The number of rotatable bonds is 7. The van der Waals surface area contributed by atoms with E-state index in [0.717, 1.165) is 49.0 Å². The molecule has 7 nitrogen and oxygen atoms in total. The second-order valence-corrected chi connectivity index (χ2v) is 9.60. The monoisotopic (exact) mass is 527 g/mol. The first-order valence-corrected chi connectivity index (χ1v) is 13.1. The zero-order valence-corrected chi connectivity index (χ0v) is 22.3. The quantitative estimate of drug-likeness (QED) is 0.250. The highest BCUT2D eigenvalue weighted by atomic mass is 35.5. The van der Waals surface area contributed by atoms with Crippen molar-refractivity contribution < 1.29 is 4.74 Å². The molecule has 8 heteroatoms. The molecule has 1 aliphatic heterocycles. The van der Waals surface area contributed by atoms with Gasteiger partial charge in [0.15, 0.2) is 0 Å². The van der Waals surface area contributed by atoms with E-state index in [1.54, 1.807) is 22.8 Å². The van der Waals surface area contributed by atoms with Crippen molar-refractivity contribution in [2.45, 2.75) is 6.92 Å². The smallest absolute Gasteiger partial charge is 0.257 e. The van der Waals surface area contributed by atoms with Gasteiger partial charge in [0.2, 0.25) is 0 Å². The molecular weight excluding hydrogens is 498 g/mol. The summed E-state index contributed by atoms with van der Waals surface area (Å²) in [7, 11) is 2.11. The van der Waals surface area contributed by atoms with Crippen LogP contribution in [0.3, 0.4) is 0 Å². The van der Waals surface area contributed by atoms with E-state index in [0.29, 0.717) is 28.6 Å². The Hall–Kier alpha value is -3.94. The topological polar surface area (TPSA) is 62.4 Å². The number of pyridine rings is 1. The second kappa shape index (κ2) is 11.6. The number of anilines is 1. The molecule has 0 saturated carbocycles. The van der Waals surface area contributed by atoms with Gasteiger partial charge in [0.05, 0.1) is 18.0 Å². The number of aromatic nitrogens is 1. The number of ether oxygens (including phenoxy) is 1. The highest BCUT2D eigenvalue weighted by Gasteiger charge is 2.25. The van der Waals surface area contributed by atoms with Crippen molar-refractivity contribution in [2.75, 3.05) is 44.7 Å². The van der Waals surface area contributed by atoms with E-state index in [4.69, 9.17) is 21.5 Å². The fourth-order valence-corrected chi connectivity index (χ4v) is 4.77. The maximum absolute atomic E-state index is 13.8. The number of likely N-dealkylation sites (N-methyl/N-ethyl adjacent to an activating group) is 1. The molecule has 0 radical (unpaired) electrons. The van der Waals surface area contributed by atoms with E-state index in [1.807, 2.05) is 73.7 Å². The number of halogens is 1. The Morgan fingerprint density at radius 3 is 2.29 bits per heavy atom. The van der Waals surface area contributed by atoms with Crippen LogP contribution in [0.1, 0.15) is 6.92 Å². The molecule has 1 aromatic heterocycles. The number of piperazine rings is 1. The lowest BCUT2D eigenvalue weighted by Gasteiger charge is -2.36. The number of para-hydroxylation sites is 1. The predicted octanol–water partition coefficient (Wildman–Crippen LogP) is 6.72. The summed E-state index contributed by atoms with van der Waals surface area (Å²) in [6, 6.07) is 26.3. The average Bonchev–Trinajstić information content (AvgIpc) is 2.93. The molecular formula is C30H30ClN5O2. The maximum Gasteiger partial charge on any atom is 0.257 e. The first kappa shape index (κ1) is 25.7. The van der Waals surface area contributed by atoms with E-state index >= 15 is 0 Å². The van der Waals surface area contributed by atoms with Gasteiger partial charge in [-0.3, -0.25) is 9.36 Å². The normalized spacial score (nSPS) is 14.2. The first-order chi connectivity index (χ1) is 18.5. The van der Waals surface area contributed by atoms with Crippen LogP contribution in [0.25, 0.3) is 16.8 Å². The Morgan fingerprint density at radius 2 is 1.61 bits per heavy atom. The highest BCUT2D eigenvalue weighted by molar-refractivity contribution is 6.30. The Kier molecular flexibility index (Phi) is 7.86. The molecule has 0 atom stereocenters. The Balaban J connectivity index is 1.76. The molecule has 5 rings (SSSR count). The summed E-state index contributed by atoms with van der Waals surface area (Å²) in [6.07, 6.45) is 0. The highest BCUT2D eigenvalue weighted by Crippen LogP contribution is 2.40. The molecule has 1 fully saturated rings. The van der Waals surface area contributed by atoms with Gasteiger partial charge in [-0.05, 0) is 62.0 Å². The number of hydrogen-bond acceptors (Lipinski definition) is 6. The molecule has 1 saturated heterocycles. The molecule has 0 unspecified atom stereocenters. The van der Waals surface area contributed by atoms with Crippen LogP contribution in [0.4, 0.5) is 17.2 Å². The van der Waals surface area contributed by atoms with Crippen molar-refractivity contribution in [3.8, 4) is 22.6 Å². The van der Waals surface area contributed by atoms with Crippen LogP contribution in [0, 0.1) is 0 Å². The molecule has 0 amide bonds. The van der Waals surface area contributed by atoms with Crippen molar-refractivity contribution in [3.63, 3.8) is 0 Å². The van der Waals surface area contributed by atoms with Crippen LogP contribution in [0.2, 0.25) is 5.02 Å². The predicted molar refractivity (Wildman–Crippen MR) is 154 cm³/mol. The third-order valence-corrected chi connectivity index (χ3v) is 6.77. The zero-order valence-electron chi connectivity index (χ0n) is 21.5. The van der Waals surface area contributed by atoms with Gasteiger partial charge in [0, 0.05) is 42.8 Å². The van der Waals surface area contributed by atoms with Crippen LogP contribution in [-0.2, 0) is 0 Å². The summed E-state index contributed by atoms with van der Waals surface area (Å²) in [6.45, 7) is 5.81. The van der Waals surface area contributed by atoms with Crippen LogP contribution in [-0.4, -0.2) is 49.3 Å². The van der Waals surface area contributed by atoms with Gasteiger partial charge in [-0.15, -0.1) is 5.11 Å². The molecule has 38 heavy (non-hydrogen) atoms. The van der Waals surface area contributed by atoms with Crippen LogP contribution in [0.5, 0.6) is 5.75 Å². The summed E-state index contributed by atoms with van der Waals surface area (Å²) in [5, 5.41) is 9.95. The van der Waals surface area contributed by atoms with Crippen molar-refractivity contribution >= 4 is 28.8 Å². The first-order valence-electron chi connectivity index (χ1n) is 12.7. The summed E-state index contributed by atoms with van der Waals surface area (Å²) in [5.74, 6) is 1.50. The number of azo groups is 1. The molecule has 1 aliphatic rings. The van der Waals surface area contributed by atoms with E-state index in [1.165, 1.54) is 0 Å². The standard InChI is InChI=1S/C30H30ClN5O2/c1-3-38-26-14-12-22(13-15-26)27-21-28(37)36(25-10-5-4-6-11-25)30(35-18-16-34(2)17-19-35)29(27)33-32-24-9-7-8-23(31)20-24/h4-15,20-21H,3,16-19H2,1-2H3. The minimum Gasteiger partial charge on any atom is -0.494 e. The summed E-state index contributed by atoms with van der Waals surface area (Å²) < 4.78 is 7.39. The summed E-state index contributed by atoms with van der Waals surface area (Å²) in [5.41, 5.74) is 3.49. The number of benzene rings is 3. The van der Waals surface area contributed by atoms with Crippen molar-refractivity contribution in [3.05, 3.63) is 100 Å². The summed E-state index contributed by atoms with van der Waals surface area (Å²) in [4.78, 5) is 18.3. The van der Waals surface area contributed by atoms with E-state index in [9.17, 15) is 4.79 Å². The minimum atomic E-state index is -0.129. The lowest BCUT2D eigenvalue weighted by atomic mass is 10.0. The van der Waals surface area contributed by atoms with E-state index < -0.39 is 0 Å². The molecule has 2 heterocycles. The van der Waals surface area contributed by atoms with Gasteiger partial charge in [-0.1, -0.05) is 48.0 Å². The van der Waals surface area contributed by atoms with Crippen LogP contribution < -0.4 is 15.2 Å². The molecule has 194 valence electrons. The average molecular weight is 528 g/mol. The van der Waals surface area contributed by atoms with Crippen LogP contribution in [0.15, 0.2) is 100.0 Å². The van der Waals surface area contributed by atoms with Gasteiger partial charge >= 0.3 is 0 Å². The van der Waals surface area contributed by atoms with Gasteiger partial charge in [0.25, 0.3) is 5.56 Å². The fourth-order valence-electron chi connectivity index (χ4n) is 4.59. The zero-order chi connectivity index (χ0) is 26.5. The maximum atomic E-state index is 13.8. The van der Waals surface area contributed by atoms with Gasteiger partial charge in [0.1, 0.15) is 17.3 Å². The summed E-state index contributed by atoms with van der Waals surface area (Å²) >= 11 is 6.22. The Bertz CT molecular complexity index is 1480.